The van der Waals surface area contributed by atoms with Crippen LogP contribution in [0.4, 0.5) is 0 Å². The standard InChI is InChI=1S/C51H68O13/c1-4-7-22-57-44-16-10-40(11-17-44)35-61-48-33-43(51(52)64-39-47-38-56-30-29-54-26-25-53-27-28-55-31-32-60-47)34-49(62-36-41-12-18-45(19-13-41)58-23-8-5-2)50(48)63-37-42-14-20-46(21-15-42)59-24-9-6-3/h10-21,33-34,47H,4-9,22-32,35-39H2,1-3H3. The van der Waals surface area contributed by atoms with Gasteiger partial charge in [0.1, 0.15) is 49.8 Å². The third-order valence-corrected chi connectivity index (χ3v) is 9.90. The maximum Gasteiger partial charge on any atom is 0.338 e. The molecule has 64 heavy (non-hydrogen) atoms. The van der Waals surface area contributed by atoms with Gasteiger partial charge in [0.2, 0.25) is 5.75 Å². The molecule has 0 aromatic heterocycles. The molecule has 1 aliphatic rings. The van der Waals surface area contributed by atoms with Gasteiger partial charge in [0.15, 0.2) is 11.5 Å². The molecular formula is C51H68O13. The maximum absolute atomic E-state index is 14.0. The molecule has 1 aliphatic heterocycles. The molecule has 0 spiro atoms. The summed E-state index contributed by atoms with van der Waals surface area (Å²) in [5.74, 6) is 2.73. The van der Waals surface area contributed by atoms with Crippen LogP contribution in [0.1, 0.15) is 86.3 Å². The van der Waals surface area contributed by atoms with Crippen molar-refractivity contribution in [2.45, 2.75) is 85.2 Å². The van der Waals surface area contributed by atoms with Crippen LogP contribution < -0.4 is 28.4 Å². The molecule has 0 aliphatic carbocycles. The maximum atomic E-state index is 14.0. The van der Waals surface area contributed by atoms with E-state index in [1.54, 1.807) is 12.1 Å². The molecule has 1 saturated heterocycles. The Kier molecular flexibility index (Phi) is 23.5. The molecule has 13 heteroatoms. The van der Waals surface area contributed by atoms with Crippen LogP contribution in [0, 0.1) is 0 Å². The van der Waals surface area contributed by atoms with Gasteiger partial charge in [-0.25, -0.2) is 4.79 Å². The van der Waals surface area contributed by atoms with E-state index in [0.717, 1.165) is 72.5 Å². The average molecular weight is 889 g/mol. The van der Waals surface area contributed by atoms with Crippen LogP contribution in [0.5, 0.6) is 34.5 Å². The van der Waals surface area contributed by atoms with Crippen molar-refractivity contribution in [1.29, 1.82) is 0 Å². The van der Waals surface area contributed by atoms with Crippen molar-refractivity contribution in [2.24, 2.45) is 0 Å². The first-order chi connectivity index (χ1) is 31.5. The fraction of sp³-hybridized carbons (Fsp3) is 0.510. The Morgan fingerprint density at radius 1 is 0.500 bits per heavy atom. The Morgan fingerprint density at radius 3 is 1.31 bits per heavy atom. The first-order valence-electron chi connectivity index (χ1n) is 22.9. The molecular weight excluding hydrogens is 821 g/mol. The van der Waals surface area contributed by atoms with Gasteiger partial charge in [-0.3, -0.25) is 0 Å². The molecule has 4 aromatic carbocycles. The van der Waals surface area contributed by atoms with E-state index in [2.05, 4.69) is 20.8 Å². The number of hydrogen-bond acceptors (Lipinski definition) is 13. The van der Waals surface area contributed by atoms with E-state index in [1.807, 2.05) is 72.8 Å². The van der Waals surface area contributed by atoms with E-state index in [4.69, 9.17) is 56.8 Å². The van der Waals surface area contributed by atoms with Gasteiger partial charge in [-0.1, -0.05) is 76.4 Å². The lowest BCUT2D eigenvalue weighted by Crippen LogP contribution is -2.29. The highest BCUT2D eigenvalue weighted by Crippen LogP contribution is 2.41. The van der Waals surface area contributed by atoms with Crippen molar-refractivity contribution in [3.8, 4) is 34.5 Å². The average Bonchev–Trinajstić information content (AvgIpc) is 3.33. The van der Waals surface area contributed by atoms with Crippen LogP contribution in [-0.2, 0) is 48.2 Å². The van der Waals surface area contributed by atoms with Gasteiger partial charge >= 0.3 is 5.97 Å². The van der Waals surface area contributed by atoms with Crippen LogP contribution in [0.3, 0.4) is 0 Å². The Morgan fingerprint density at radius 2 is 0.891 bits per heavy atom. The minimum Gasteiger partial charge on any atom is -0.494 e. The molecule has 0 N–H and O–H groups in total. The third kappa shape index (κ3) is 19.0. The summed E-state index contributed by atoms with van der Waals surface area (Å²) in [5.41, 5.74) is 2.91. The summed E-state index contributed by atoms with van der Waals surface area (Å²) in [7, 11) is 0. The lowest BCUT2D eigenvalue weighted by molar-refractivity contribution is -0.0689. The number of carbonyl (C=O) groups is 1. The summed E-state index contributed by atoms with van der Waals surface area (Å²) in [5, 5.41) is 0. The number of unbranched alkanes of at least 4 members (excludes halogenated alkanes) is 3. The Labute approximate surface area is 379 Å². The molecule has 350 valence electrons. The van der Waals surface area contributed by atoms with Gasteiger partial charge < -0.3 is 56.8 Å². The topological polar surface area (TPSA) is 128 Å². The molecule has 1 heterocycles. The zero-order chi connectivity index (χ0) is 44.9. The number of carbonyl (C=O) groups excluding carboxylic acids is 1. The van der Waals surface area contributed by atoms with Crippen LogP contribution in [0.15, 0.2) is 84.9 Å². The summed E-state index contributed by atoms with van der Waals surface area (Å²) in [6, 6.07) is 26.6. The first-order valence-corrected chi connectivity index (χ1v) is 22.9. The monoisotopic (exact) mass is 888 g/mol. The Balaban J connectivity index is 1.39. The van der Waals surface area contributed by atoms with Crippen LogP contribution in [0.2, 0.25) is 0 Å². The van der Waals surface area contributed by atoms with Crippen molar-refractivity contribution in [1.82, 2.24) is 0 Å². The minimum absolute atomic E-state index is 0.0645. The molecule has 0 bridgehead atoms. The second-order valence-corrected chi connectivity index (χ2v) is 15.2. The number of rotatable bonds is 24. The van der Waals surface area contributed by atoms with Crippen molar-refractivity contribution in [3.63, 3.8) is 0 Å². The first kappa shape index (κ1) is 50.0. The van der Waals surface area contributed by atoms with Gasteiger partial charge in [0.25, 0.3) is 0 Å². The van der Waals surface area contributed by atoms with Crippen molar-refractivity contribution >= 4 is 5.97 Å². The Bertz CT molecular complexity index is 1760. The molecule has 13 nitrogen and oxygen atoms in total. The molecule has 4 aromatic rings. The van der Waals surface area contributed by atoms with Crippen molar-refractivity contribution in [3.05, 3.63) is 107 Å². The molecule has 1 fully saturated rings. The highest BCUT2D eigenvalue weighted by Gasteiger charge is 2.22. The van der Waals surface area contributed by atoms with E-state index in [1.165, 1.54) is 0 Å². The molecule has 0 amide bonds. The van der Waals surface area contributed by atoms with E-state index in [9.17, 15) is 4.79 Å². The largest absolute Gasteiger partial charge is 0.494 e. The van der Waals surface area contributed by atoms with Gasteiger partial charge in [-0.05, 0) is 84.5 Å². The molecule has 1 atom stereocenters. The highest BCUT2D eigenvalue weighted by molar-refractivity contribution is 5.91. The zero-order valence-electron chi connectivity index (χ0n) is 38.0. The summed E-state index contributed by atoms with van der Waals surface area (Å²) in [6.45, 7) is 12.3. The normalized spacial score (nSPS) is 15.3. The fourth-order valence-corrected chi connectivity index (χ4v) is 6.12. The van der Waals surface area contributed by atoms with Crippen LogP contribution >= 0.6 is 0 Å². The van der Waals surface area contributed by atoms with E-state index in [-0.39, 0.29) is 45.2 Å². The van der Waals surface area contributed by atoms with Gasteiger partial charge in [-0.2, -0.15) is 0 Å². The lowest BCUT2D eigenvalue weighted by atomic mass is 10.1. The number of ether oxygens (including phenoxy) is 12. The summed E-state index contributed by atoms with van der Waals surface area (Å²) < 4.78 is 71.6. The van der Waals surface area contributed by atoms with E-state index >= 15 is 0 Å². The second kappa shape index (κ2) is 30.2. The fourth-order valence-electron chi connectivity index (χ4n) is 6.12. The van der Waals surface area contributed by atoms with Crippen LogP contribution in [-0.4, -0.2) is 98.0 Å². The molecule has 0 radical (unpaired) electrons. The number of hydrogen-bond donors (Lipinski definition) is 0. The van der Waals surface area contributed by atoms with Gasteiger partial charge in [-0.15, -0.1) is 0 Å². The summed E-state index contributed by atoms with van der Waals surface area (Å²) in [4.78, 5) is 14.0. The number of esters is 1. The third-order valence-electron chi connectivity index (χ3n) is 9.90. The summed E-state index contributed by atoms with van der Waals surface area (Å²) in [6.07, 6.45) is 5.56. The van der Waals surface area contributed by atoms with E-state index < -0.39 is 12.1 Å². The predicted octanol–water partition coefficient (Wildman–Crippen LogP) is 9.58. The Hall–Kier alpha value is -5.05. The summed E-state index contributed by atoms with van der Waals surface area (Å²) >= 11 is 0. The lowest BCUT2D eigenvalue weighted by Gasteiger charge is -2.20. The van der Waals surface area contributed by atoms with Gasteiger partial charge in [0.05, 0.1) is 84.8 Å². The molecule has 5 rings (SSSR count). The highest BCUT2D eigenvalue weighted by atomic mass is 16.6. The second-order valence-electron chi connectivity index (χ2n) is 15.2. The minimum atomic E-state index is -0.599. The van der Waals surface area contributed by atoms with Crippen LogP contribution in [0.25, 0.3) is 0 Å². The predicted molar refractivity (Wildman–Crippen MR) is 243 cm³/mol. The smallest absolute Gasteiger partial charge is 0.338 e. The van der Waals surface area contributed by atoms with Crippen molar-refractivity contribution < 1.29 is 61.6 Å². The van der Waals surface area contributed by atoms with Crippen molar-refractivity contribution in [2.75, 3.05) is 85.9 Å². The zero-order valence-corrected chi connectivity index (χ0v) is 38.0. The SMILES string of the molecule is CCCCOc1ccc(COc2cc(C(=O)OCC3COCCOCCOCCOCCO3)cc(OCc3ccc(OCCCC)cc3)c2OCc2ccc(OCCCC)cc2)cc1. The number of benzene rings is 4. The molecule has 0 saturated carbocycles. The quantitative estimate of drug-likeness (QED) is 0.0490. The van der Waals surface area contributed by atoms with Gasteiger partial charge in [0, 0.05) is 0 Å². The van der Waals surface area contributed by atoms with E-state index in [0.29, 0.717) is 83.3 Å². The molecule has 1 unspecified atom stereocenters.